The Morgan fingerprint density at radius 3 is 2.89 bits per heavy atom. The number of carbonyl (C=O) groups excluding carboxylic acids is 1. The van der Waals surface area contributed by atoms with Gasteiger partial charge in [0.1, 0.15) is 0 Å². The molecule has 19 heavy (non-hydrogen) atoms. The molecule has 0 saturated carbocycles. The lowest BCUT2D eigenvalue weighted by Gasteiger charge is -2.08. The van der Waals surface area contributed by atoms with E-state index in [9.17, 15) is 4.79 Å². The van der Waals surface area contributed by atoms with Crippen LogP contribution in [0.2, 0.25) is 0 Å². The van der Waals surface area contributed by atoms with Crippen LogP contribution in [0, 0.1) is 6.92 Å². The second-order valence-electron chi connectivity index (χ2n) is 4.57. The van der Waals surface area contributed by atoms with E-state index < -0.39 is 0 Å². The number of hydrogen-bond acceptors (Lipinski definition) is 3. The Kier molecular flexibility index (Phi) is 4.58. The second kappa shape index (κ2) is 6.38. The number of thiophene rings is 1. The van der Waals surface area contributed by atoms with E-state index in [0.717, 1.165) is 18.4 Å². The van der Waals surface area contributed by atoms with Gasteiger partial charge in [-0.2, -0.15) is 0 Å². The molecule has 2 rings (SSSR count). The van der Waals surface area contributed by atoms with Crippen molar-refractivity contribution in [1.29, 1.82) is 0 Å². The predicted octanol–water partition coefficient (Wildman–Crippen LogP) is 3.60. The molecule has 1 aromatic carbocycles. The Labute approximate surface area is 117 Å². The molecule has 2 aromatic rings. The van der Waals surface area contributed by atoms with Gasteiger partial charge in [-0.3, -0.25) is 4.79 Å². The summed E-state index contributed by atoms with van der Waals surface area (Å²) >= 11 is 1.73. The van der Waals surface area contributed by atoms with Crippen molar-refractivity contribution in [3.8, 4) is 0 Å². The van der Waals surface area contributed by atoms with Gasteiger partial charge in [-0.1, -0.05) is 12.1 Å². The Balaban J connectivity index is 1.80. The first-order valence-corrected chi connectivity index (χ1v) is 7.21. The summed E-state index contributed by atoms with van der Waals surface area (Å²) < 4.78 is 0. The van der Waals surface area contributed by atoms with Gasteiger partial charge in [0.25, 0.3) is 0 Å². The molecule has 0 spiro atoms. The Hall–Kier alpha value is -1.81. The summed E-state index contributed by atoms with van der Waals surface area (Å²) in [6.45, 7) is 1.98. The first kappa shape index (κ1) is 13.6. The molecule has 3 N–H and O–H groups in total. The minimum atomic E-state index is 0.0205. The van der Waals surface area contributed by atoms with Crippen molar-refractivity contribution in [2.75, 3.05) is 11.1 Å². The maximum Gasteiger partial charge on any atom is 0.224 e. The number of nitrogens with one attached hydrogen (secondary N) is 1. The van der Waals surface area contributed by atoms with E-state index in [-0.39, 0.29) is 5.91 Å². The van der Waals surface area contributed by atoms with Crippen molar-refractivity contribution < 1.29 is 4.79 Å². The Morgan fingerprint density at radius 2 is 2.21 bits per heavy atom. The van der Waals surface area contributed by atoms with Crippen molar-refractivity contribution in [3.63, 3.8) is 0 Å². The number of rotatable bonds is 5. The first-order valence-electron chi connectivity index (χ1n) is 6.33. The van der Waals surface area contributed by atoms with Gasteiger partial charge in [-0.05, 0) is 48.9 Å². The smallest absolute Gasteiger partial charge is 0.224 e. The van der Waals surface area contributed by atoms with Crippen LogP contribution in [0.25, 0.3) is 0 Å². The fraction of sp³-hybridized carbons (Fsp3) is 0.267. The predicted molar refractivity (Wildman–Crippen MR) is 81.5 cm³/mol. The zero-order valence-electron chi connectivity index (χ0n) is 11.0. The van der Waals surface area contributed by atoms with Gasteiger partial charge in [-0.15, -0.1) is 11.3 Å². The van der Waals surface area contributed by atoms with Gasteiger partial charge in [0.15, 0.2) is 0 Å². The van der Waals surface area contributed by atoms with Gasteiger partial charge in [-0.25, -0.2) is 0 Å². The summed E-state index contributed by atoms with van der Waals surface area (Å²) in [5.41, 5.74) is 8.27. The number of benzene rings is 1. The zero-order valence-corrected chi connectivity index (χ0v) is 11.8. The van der Waals surface area contributed by atoms with Crippen molar-refractivity contribution >= 4 is 28.6 Å². The number of amides is 1. The molecule has 1 amide bonds. The van der Waals surface area contributed by atoms with E-state index >= 15 is 0 Å². The summed E-state index contributed by atoms with van der Waals surface area (Å²) in [6, 6.07) is 9.79. The van der Waals surface area contributed by atoms with Crippen LogP contribution in [-0.4, -0.2) is 5.91 Å². The van der Waals surface area contributed by atoms with Crippen molar-refractivity contribution in [2.45, 2.75) is 26.2 Å². The fourth-order valence-electron chi connectivity index (χ4n) is 1.89. The summed E-state index contributed by atoms with van der Waals surface area (Å²) in [6.07, 6.45) is 2.33. The number of aryl methyl sites for hydroxylation is 2. The highest BCUT2D eigenvalue weighted by Gasteiger charge is 2.05. The maximum atomic E-state index is 11.8. The van der Waals surface area contributed by atoms with E-state index in [2.05, 4.69) is 16.8 Å². The molecule has 1 aromatic heterocycles. The van der Waals surface area contributed by atoms with Gasteiger partial charge in [0.2, 0.25) is 5.91 Å². The van der Waals surface area contributed by atoms with E-state index in [0.29, 0.717) is 17.8 Å². The summed E-state index contributed by atoms with van der Waals surface area (Å²) in [4.78, 5) is 13.1. The highest BCUT2D eigenvalue weighted by Crippen LogP contribution is 2.20. The summed E-state index contributed by atoms with van der Waals surface area (Å²) in [7, 11) is 0. The van der Waals surface area contributed by atoms with Gasteiger partial charge >= 0.3 is 0 Å². The Bertz CT molecular complexity index is 549. The first-order chi connectivity index (χ1) is 9.15. The van der Waals surface area contributed by atoms with Gasteiger partial charge in [0.05, 0.1) is 11.4 Å². The number of anilines is 2. The molecule has 0 bridgehead atoms. The molecular weight excluding hydrogens is 256 g/mol. The highest BCUT2D eigenvalue weighted by molar-refractivity contribution is 7.09. The molecule has 1 heterocycles. The molecule has 0 atom stereocenters. The number of hydrogen-bond donors (Lipinski definition) is 2. The summed E-state index contributed by atoms with van der Waals surface area (Å²) in [5.74, 6) is 0.0205. The molecule has 0 aliphatic carbocycles. The largest absolute Gasteiger partial charge is 0.397 e. The lowest BCUT2D eigenvalue weighted by atomic mass is 10.1. The Morgan fingerprint density at radius 1 is 1.37 bits per heavy atom. The topological polar surface area (TPSA) is 55.1 Å². The average Bonchev–Trinajstić information content (AvgIpc) is 2.86. The molecule has 3 nitrogen and oxygen atoms in total. The van der Waals surface area contributed by atoms with Crippen LogP contribution < -0.4 is 11.1 Å². The standard InChI is InChI=1S/C15H18N2OS/c1-11-7-8-14(13(16)10-11)17-15(18)6-2-4-12-5-3-9-19-12/h3,5,7-10H,2,4,6,16H2,1H3,(H,17,18). The van der Waals surface area contributed by atoms with Crippen molar-refractivity contribution in [1.82, 2.24) is 0 Å². The van der Waals surface area contributed by atoms with E-state index in [1.165, 1.54) is 4.88 Å². The number of carbonyl (C=O) groups is 1. The third kappa shape index (κ3) is 4.10. The van der Waals surface area contributed by atoms with Crippen LogP contribution in [0.1, 0.15) is 23.3 Å². The van der Waals surface area contributed by atoms with E-state index in [4.69, 9.17) is 5.73 Å². The SMILES string of the molecule is Cc1ccc(NC(=O)CCCc2cccs2)c(N)c1. The van der Waals surface area contributed by atoms with E-state index in [1.807, 2.05) is 31.2 Å². The minimum absolute atomic E-state index is 0.0205. The van der Waals surface area contributed by atoms with Crippen LogP contribution >= 0.6 is 11.3 Å². The fourth-order valence-corrected chi connectivity index (χ4v) is 2.64. The molecule has 4 heteroatoms. The third-order valence-electron chi connectivity index (χ3n) is 2.89. The van der Waals surface area contributed by atoms with Crippen LogP contribution in [-0.2, 0) is 11.2 Å². The van der Waals surface area contributed by atoms with Gasteiger partial charge in [0, 0.05) is 11.3 Å². The average molecular weight is 274 g/mol. The lowest BCUT2D eigenvalue weighted by Crippen LogP contribution is -2.12. The zero-order chi connectivity index (χ0) is 13.7. The van der Waals surface area contributed by atoms with Gasteiger partial charge < -0.3 is 11.1 Å². The molecule has 0 unspecified atom stereocenters. The number of nitrogens with two attached hydrogens (primary N) is 1. The quantitative estimate of drug-likeness (QED) is 0.818. The minimum Gasteiger partial charge on any atom is -0.397 e. The molecule has 0 aliphatic rings. The molecule has 0 fully saturated rings. The molecular formula is C15H18N2OS. The van der Waals surface area contributed by atoms with Crippen LogP contribution in [0.4, 0.5) is 11.4 Å². The lowest BCUT2D eigenvalue weighted by molar-refractivity contribution is -0.116. The van der Waals surface area contributed by atoms with Crippen LogP contribution in [0.15, 0.2) is 35.7 Å². The van der Waals surface area contributed by atoms with Crippen LogP contribution in [0.3, 0.4) is 0 Å². The molecule has 0 aliphatic heterocycles. The van der Waals surface area contributed by atoms with Crippen LogP contribution in [0.5, 0.6) is 0 Å². The number of nitrogen functional groups attached to an aromatic ring is 1. The van der Waals surface area contributed by atoms with Crippen molar-refractivity contribution in [2.24, 2.45) is 0 Å². The summed E-state index contributed by atoms with van der Waals surface area (Å²) in [5, 5.41) is 4.91. The third-order valence-corrected chi connectivity index (χ3v) is 3.82. The maximum absolute atomic E-state index is 11.8. The molecule has 0 saturated heterocycles. The molecule has 0 radical (unpaired) electrons. The molecule has 100 valence electrons. The van der Waals surface area contributed by atoms with Crippen molar-refractivity contribution in [3.05, 3.63) is 46.2 Å². The highest BCUT2D eigenvalue weighted by atomic mass is 32.1. The normalized spacial score (nSPS) is 10.4. The monoisotopic (exact) mass is 274 g/mol. The second-order valence-corrected chi connectivity index (χ2v) is 5.60. The van der Waals surface area contributed by atoms with E-state index in [1.54, 1.807) is 11.3 Å².